The first-order chi connectivity index (χ1) is 15.0. The topological polar surface area (TPSA) is 131 Å². The first-order valence-electron chi connectivity index (χ1n) is 9.18. The number of amidine groups is 1. The number of anilines is 2. The molecule has 0 amide bonds. The van der Waals surface area contributed by atoms with E-state index in [9.17, 15) is 13.2 Å². The van der Waals surface area contributed by atoms with Crippen molar-refractivity contribution in [2.24, 2.45) is 4.99 Å². The zero-order valence-electron chi connectivity index (χ0n) is 16.3. The van der Waals surface area contributed by atoms with Crippen molar-refractivity contribution in [2.45, 2.75) is 17.9 Å². The van der Waals surface area contributed by atoms with Gasteiger partial charge in [0, 0.05) is 5.69 Å². The maximum atomic E-state index is 14.2. The van der Waals surface area contributed by atoms with Crippen LogP contribution >= 0.6 is 0 Å². The van der Waals surface area contributed by atoms with E-state index >= 15 is 0 Å². The second-order valence-corrected chi connectivity index (χ2v) is 7.49. The summed E-state index contributed by atoms with van der Waals surface area (Å²) in [4.78, 5) is 16.6. The molecule has 4 N–H and O–H groups in total. The maximum Gasteiger partial charge on any atom is 0.191 e. The number of halogens is 1. The number of rotatable bonds is 5. The summed E-state index contributed by atoms with van der Waals surface area (Å²) in [5.74, 6) is -0.198. The number of nitrogens with zero attached hydrogens (tertiary/aromatic N) is 5. The van der Waals surface area contributed by atoms with Crippen LogP contribution in [0.5, 0.6) is 0 Å². The van der Waals surface area contributed by atoms with Gasteiger partial charge < -0.3 is 20.2 Å². The molecule has 0 aliphatic rings. The summed E-state index contributed by atoms with van der Waals surface area (Å²) in [6, 6.07) is 12.8. The molecule has 0 aliphatic heterocycles. The first-order valence-corrected chi connectivity index (χ1v) is 10.3. The number of imidazole rings is 1. The SMILES string of the molecule is CC(C(=Nc1cccc(F)c1S(=O)O)Nc1ccccc1)n1cnc2c(N)ncnc21. The highest BCUT2D eigenvalue weighted by molar-refractivity contribution is 7.79. The summed E-state index contributed by atoms with van der Waals surface area (Å²) in [6.07, 6.45) is 2.89. The predicted molar refractivity (Wildman–Crippen MR) is 117 cm³/mol. The van der Waals surface area contributed by atoms with Crippen LogP contribution in [0.2, 0.25) is 0 Å². The zero-order chi connectivity index (χ0) is 22.0. The van der Waals surface area contributed by atoms with Crippen molar-refractivity contribution in [2.75, 3.05) is 11.1 Å². The molecule has 158 valence electrons. The van der Waals surface area contributed by atoms with Crippen LogP contribution in [0.4, 0.5) is 21.6 Å². The van der Waals surface area contributed by atoms with E-state index in [1.54, 1.807) is 10.9 Å². The molecule has 0 spiro atoms. The molecule has 4 aromatic rings. The van der Waals surface area contributed by atoms with E-state index in [2.05, 4.69) is 25.3 Å². The summed E-state index contributed by atoms with van der Waals surface area (Å²) in [5, 5.41) is 3.20. The number of benzene rings is 2. The smallest absolute Gasteiger partial charge is 0.191 e. The van der Waals surface area contributed by atoms with Crippen molar-refractivity contribution in [1.82, 2.24) is 19.5 Å². The fourth-order valence-electron chi connectivity index (χ4n) is 3.07. The van der Waals surface area contributed by atoms with Crippen LogP contribution in [0.15, 0.2) is 71.1 Å². The van der Waals surface area contributed by atoms with Crippen molar-refractivity contribution < 1.29 is 13.2 Å². The highest BCUT2D eigenvalue weighted by atomic mass is 32.2. The predicted octanol–water partition coefficient (Wildman–Crippen LogP) is 3.53. The van der Waals surface area contributed by atoms with E-state index in [0.717, 1.165) is 11.8 Å². The Kier molecular flexibility index (Phi) is 5.69. The van der Waals surface area contributed by atoms with Crippen LogP contribution in [-0.4, -0.2) is 34.1 Å². The van der Waals surface area contributed by atoms with Crippen LogP contribution < -0.4 is 11.1 Å². The van der Waals surface area contributed by atoms with Crippen LogP contribution in [-0.2, 0) is 11.1 Å². The Labute approximate surface area is 179 Å². The molecule has 31 heavy (non-hydrogen) atoms. The second-order valence-electron chi connectivity index (χ2n) is 6.58. The minimum absolute atomic E-state index is 0.0321. The lowest BCUT2D eigenvalue weighted by atomic mass is 10.2. The van der Waals surface area contributed by atoms with E-state index in [1.807, 2.05) is 37.3 Å². The van der Waals surface area contributed by atoms with Crippen molar-refractivity contribution in [3.05, 3.63) is 67.0 Å². The van der Waals surface area contributed by atoms with Gasteiger partial charge in [-0.15, -0.1) is 0 Å². The number of nitrogens with one attached hydrogen (secondary N) is 1. The van der Waals surface area contributed by atoms with Gasteiger partial charge in [-0.3, -0.25) is 0 Å². The van der Waals surface area contributed by atoms with Crippen molar-refractivity contribution in [1.29, 1.82) is 0 Å². The zero-order valence-corrected chi connectivity index (χ0v) is 17.1. The standard InChI is InChI=1S/C20H18FN7O2S/c1-12(28-11-25-16-18(22)23-10-24-20(16)28)19(26-13-6-3-2-4-7-13)27-15-9-5-8-14(21)17(15)31(29)30/h2-12H,1H3,(H,26,27)(H,29,30)(H2,22,23,24). The molecule has 2 aromatic heterocycles. The fourth-order valence-corrected chi connectivity index (χ4v) is 3.60. The Morgan fingerprint density at radius 1 is 1.19 bits per heavy atom. The molecule has 11 heteroatoms. The number of aliphatic imine (C=N–C) groups is 1. The third-order valence-corrected chi connectivity index (χ3v) is 5.36. The van der Waals surface area contributed by atoms with Gasteiger partial charge in [-0.05, 0) is 31.2 Å². The molecule has 0 bridgehead atoms. The molecule has 2 unspecified atom stereocenters. The lowest BCUT2D eigenvalue weighted by Gasteiger charge is -2.19. The van der Waals surface area contributed by atoms with Gasteiger partial charge in [0.25, 0.3) is 0 Å². The molecule has 0 radical (unpaired) electrons. The van der Waals surface area contributed by atoms with E-state index in [4.69, 9.17) is 5.73 Å². The van der Waals surface area contributed by atoms with Crippen LogP contribution in [0, 0.1) is 5.82 Å². The highest BCUT2D eigenvalue weighted by Gasteiger charge is 2.20. The van der Waals surface area contributed by atoms with Crippen molar-refractivity contribution in [3.63, 3.8) is 0 Å². The van der Waals surface area contributed by atoms with Gasteiger partial charge in [0.15, 0.2) is 22.5 Å². The average Bonchev–Trinajstić information content (AvgIpc) is 3.19. The number of nitrogens with two attached hydrogens (primary N) is 1. The number of hydrogen-bond donors (Lipinski definition) is 3. The quantitative estimate of drug-likeness (QED) is 0.246. The number of aromatic nitrogens is 4. The number of para-hydroxylation sites is 1. The van der Waals surface area contributed by atoms with Crippen molar-refractivity contribution >= 4 is 45.3 Å². The molecule has 0 saturated heterocycles. The van der Waals surface area contributed by atoms with Gasteiger partial charge in [0.1, 0.15) is 28.4 Å². The minimum Gasteiger partial charge on any atom is -0.382 e. The molecule has 2 heterocycles. The van der Waals surface area contributed by atoms with Crippen LogP contribution in [0.25, 0.3) is 11.2 Å². The van der Waals surface area contributed by atoms with E-state index in [0.29, 0.717) is 17.0 Å². The Bertz CT molecular complexity index is 1290. The highest BCUT2D eigenvalue weighted by Crippen LogP contribution is 2.28. The molecule has 4 rings (SSSR count). The van der Waals surface area contributed by atoms with E-state index in [1.165, 1.54) is 18.5 Å². The van der Waals surface area contributed by atoms with Gasteiger partial charge in [-0.1, -0.05) is 24.3 Å². The minimum atomic E-state index is -2.56. The van der Waals surface area contributed by atoms with Crippen molar-refractivity contribution in [3.8, 4) is 0 Å². The summed E-state index contributed by atoms with van der Waals surface area (Å²) < 4.78 is 37.3. The van der Waals surface area contributed by atoms with Gasteiger partial charge in [-0.2, -0.15) is 0 Å². The monoisotopic (exact) mass is 439 g/mol. The molecule has 2 atom stereocenters. The number of nitrogen functional groups attached to an aromatic ring is 1. The lowest BCUT2D eigenvalue weighted by molar-refractivity contribution is 0.545. The number of fused-ring (bicyclic) bond motifs is 1. The van der Waals surface area contributed by atoms with Gasteiger partial charge in [0.2, 0.25) is 0 Å². The Balaban J connectivity index is 1.85. The van der Waals surface area contributed by atoms with Crippen LogP contribution in [0.1, 0.15) is 13.0 Å². The molecular weight excluding hydrogens is 421 g/mol. The van der Waals surface area contributed by atoms with Gasteiger partial charge in [0.05, 0.1) is 18.1 Å². The third-order valence-electron chi connectivity index (χ3n) is 4.61. The summed E-state index contributed by atoms with van der Waals surface area (Å²) >= 11 is -2.56. The molecule has 0 fully saturated rings. The third kappa shape index (κ3) is 4.13. The summed E-state index contributed by atoms with van der Waals surface area (Å²) in [7, 11) is 0. The molecule has 0 aliphatic carbocycles. The fraction of sp³-hybridized carbons (Fsp3) is 0.100. The lowest BCUT2D eigenvalue weighted by Crippen LogP contribution is -2.24. The van der Waals surface area contributed by atoms with E-state index < -0.39 is 27.8 Å². The molecule has 2 aromatic carbocycles. The van der Waals surface area contributed by atoms with Gasteiger partial charge in [-0.25, -0.2) is 28.5 Å². The van der Waals surface area contributed by atoms with E-state index in [-0.39, 0.29) is 11.5 Å². The molecule has 0 saturated carbocycles. The summed E-state index contributed by atoms with van der Waals surface area (Å²) in [5.41, 5.74) is 7.58. The average molecular weight is 439 g/mol. The Morgan fingerprint density at radius 3 is 2.71 bits per heavy atom. The second kappa shape index (κ2) is 8.58. The summed E-state index contributed by atoms with van der Waals surface area (Å²) in [6.45, 7) is 1.84. The van der Waals surface area contributed by atoms with Gasteiger partial charge >= 0.3 is 0 Å². The Morgan fingerprint density at radius 2 is 1.97 bits per heavy atom. The number of hydrogen-bond acceptors (Lipinski definition) is 6. The largest absolute Gasteiger partial charge is 0.382 e. The Hall–Kier alpha value is -3.70. The molecular formula is C20H18FN7O2S. The van der Waals surface area contributed by atoms with Crippen LogP contribution in [0.3, 0.4) is 0 Å². The maximum absolute atomic E-state index is 14.2. The molecule has 9 nitrogen and oxygen atoms in total. The normalized spacial score (nSPS) is 13.8. The first kappa shape index (κ1) is 20.6.